The monoisotopic (exact) mass is 374 g/mol. The number of anilines is 2. The molecule has 7 nitrogen and oxygen atoms in total. The quantitative estimate of drug-likeness (QED) is 0.829. The largest absolute Gasteiger partial charge is 0.373 e. The number of rotatable bonds is 5. The van der Waals surface area contributed by atoms with E-state index in [2.05, 4.69) is 29.4 Å². The van der Waals surface area contributed by atoms with Crippen molar-refractivity contribution in [1.82, 2.24) is 10.2 Å². The molecule has 0 bridgehead atoms. The van der Waals surface area contributed by atoms with Gasteiger partial charge in [0.15, 0.2) is 0 Å². The van der Waals surface area contributed by atoms with Gasteiger partial charge in [0.2, 0.25) is 5.91 Å². The van der Waals surface area contributed by atoms with Crippen LogP contribution < -0.4 is 15.5 Å². The van der Waals surface area contributed by atoms with E-state index in [1.165, 1.54) is 0 Å². The number of hydrogen-bond donors (Lipinski definition) is 2. The van der Waals surface area contributed by atoms with Crippen LogP contribution in [0.15, 0.2) is 24.3 Å². The topological polar surface area (TPSA) is 73.9 Å². The van der Waals surface area contributed by atoms with Gasteiger partial charge < -0.3 is 15.4 Å². The molecule has 148 valence electrons. The number of urea groups is 1. The number of carbonyl (C=O) groups is 2. The van der Waals surface area contributed by atoms with Crippen LogP contribution in [-0.2, 0) is 9.53 Å². The van der Waals surface area contributed by atoms with Crippen molar-refractivity contribution in [1.29, 1.82) is 0 Å². The van der Waals surface area contributed by atoms with Crippen LogP contribution in [0.1, 0.15) is 27.7 Å². The molecular weight excluding hydrogens is 344 g/mol. The van der Waals surface area contributed by atoms with Crippen LogP contribution in [0.4, 0.5) is 16.2 Å². The normalized spacial score (nSPS) is 24.8. The Balaban J connectivity index is 1.67. The summed E-state index contributed by atoms with van der Waals surface area (Å²) in [7, 11) is 0. The van der Waals surface area contributed by atoms with E-state index in [0.717, 1.165) is 24.5 Å². The zero-order valence-corrected chi connectivity index (χ0v) is 16.6. The summed E-state index contributed by atoms with van der Waals surface area (Å²) in [6.45, 7) is 11.1. The molecule has 3 rings (SSSR count). The number of hydrogen-bond acceptors (Lipinski definition) is 4. The zero-order chi connectivity index (χ0) is 19.6. The van der Waals surface area contributed by atoms with Gasteiger partial charge in [0.25, 0.3) is 0 Å². The smallest absolute Gasteiger partial charge is 0.321 e. The van der Waals surface area contributed by atoms with Crippen molar-refractivity contribution in [3.8, 4) is 0 Å². The van der Waals surface area contributed by atoms with E-state index in [4.69, 9.17) is 4.74 Å². The molecule has 1 aromatic rings. The van der Waals surface area contributed by atoms with Gasteiger partial charge in [-0.2, -0.15) is 0 Å². The minimum absolute atomic E-state index is 0.00188. The maximum atomic E-state index is 13.0. The predicted octanol–water partition coefficient (Wildman–Crippen LogP) is 2.29. The van der Waals surface area contributed by atoms with Crippen molar-refractivity contribution < 1.29 is 14.3 Å². The van der Waals surface area contributed by atoms with Gasteiger partial charge >= 0.3 is 6.03 Å². The second-order valence-electron chi connectivity index (χ2n) is 7.82. The van der Waals surface area contributed by atoms with Crippen molar-refractivity contribution in [2.24, 2.45) is 5.92 Å². The van der Waals surface area contributed by atoms with Gasteiger partial charge in [0, 0.05) is 37.6 Å². The number of nitrogens with zero attached hydrogens (tertiary/aromatic N) is 2. The van der Waals surface area contributed by atoms with Crippen LogP contribution in [0.2, 0.25) is 0 Å². The highest BCUT2D eigenvalue weighted by Crippen LogP contribution is 2.22. The first-order chi connectivity index (χ1) is 12.8. The summed E-state index contributed by atoms with van der Waals surface area (Å²) in [4.78, 5) is 28.7. The third-order valence-corrected chi connectivity index (χ3v) is 5.04. The highest BCUT2D eigenvalue weighted by atomic mass is 16.5. The van der Waals surface area contributed by atoms with Crippen molar-refractivity contribution in [3.63, 3.8) is 0 Å². The van der Waals surface area contributed by atoms with Crippen molar-refractivity contribution >= 4 is 23.3 Å². The maximum Gasteiger partial charge on any atom is 0.321 e. The Labute approximate surface area is 161 Å². The molecule has 0 radical (unpaired) electrons. The number of benzene rings is 1. The average Bonchev–Trinajstić information content (AvgIpc) is 3.00. The first-order valence-corrected chi connectivity index (χ1v) is 9.71. The Bertz CT molecular complexity index is 666. The van der Waals surface area contributed by atoms with Crippen LogP contribution in [0.5, 0.6) is 0 Å². The lowest BCUT2D eigenvalue weighted by molar-refractivity contribution is -0.130. The van der Waals surface area contributed by atoms with Gasteiger partial charge in [0.1, 0.15) is 0 Å². The highest BCUT2D eigenvalue weighted by Gasteiger charge is 2.34. The van der Waals surface area contributed by atoms with Crippen LogP contribution in [0.3, 0.4) is 0 Å². The molecule has 2 fully saturated rings. The Hall–Kier alpha value is -2.12. The molecule has 2 heterocycles. The lowest BCUT2D eigenvalue weighted by atomic mass is 9.99. The van der Waals surface area contributed by atoms with E-state index in [9.17, 15) is 9.59 Å². The van der Waals surface area contributed by atoms with Gasteiger partial charge in [-0.25, -0.2) is 4.79 Å². The summed E-state index contributed by atoms with van der Waals surface area (Å²) < 4.78 is 5.80. The molecule has 0 saturated carbocycles. The van der Waals surface area contributed by atoms with Gasteiger partial charge in [0.05, 0.1) is 18.2 Å². The number of carbonyl (C=O) groups excluding carboxylic acids is 2. The van der Waals surface area contributed by atoms with Crippen molar-refractivity contribution in [2.45, 2.75) is 45.9 Å². The number of amides is 3. The van der Waals surface area contributed by atoms with Crippen molar-refractivity contribution in [3.05, 3.63) is 24.3 Å². The van der Waals surface area contributed by atoms with Gasteiger partial charge in [-0.15, -0.1) is 0 Å². The maximum absolute atomic E-state index is 13.0. The van der Waals surface area contributed by atoms with Crippen LogP contribution in [0.25, 0.3) is 0 Å². The molecular formula is C20H30N4O3. The summed E-state index contributed by atoms with van der Waals surface area (Å²) in [5.41, 5.74) is 1.57. The summed E-state index contributed by atoms with van der Waals surface area (Å²) in [5, 5.41) is 5.83. The predicted molar refractivity (Wildman–Crippen MR) is 106 cm³/mol. The highest BCUT2D eigenvalue weighted by molar-refractivity contribution is 5.96. The molecule has 3 amide bonds. The molecule has 0 spiro atoms. The minimum Gasteiger partial charge on any atom is -0.373 e. The molecule has 2 aliphatic rings. The molecule has 3 unspecified atom stereocenters. The lowest BCUT2D eigenvalue weighted by Crippen LogP contribution is -2.55. The fourth-order valence-electron chi connectivity index (χ4n) is 3.99. The molecule has 7 heteroatoms. The first kappa shape index (κ1) is 19.6. The SMILES string of the molecule is CC1CN(C(C(=O)Nc2ccc(N3CCNC3=O)cc2)C(C)C)CC(C)O1. The fraction of sp³-hybridized carbons (Fsp3) is 0.600. The Morgan fingerprint density at radius 3 is 2.33 bits per heavy atom. The molecule has 27 heavy (non-hydrogen) atoms. The molecule has 3 atom stereocenters. The number of ether oxygens (including phenoxy) is 1. The van der Waals surface area contributed by atoms with E-state index >= 15 is 0 Å². The standard InChI is InChI=1S/C20H30N4O3/c1-13(2)18(23-11-14(3)27-15(4)12-23)19(25)22-16-5-7-17(8-6-16)24-10-9-21-20(24)26/h5-8,13-15,18H,9-12H2,1-4H3,(H,21,26)(H,22,25). The van der Waals surface area contributed by atoms with Crippen molar-refractivity contribution in [2.75, 3.05) is 36.4 Å². The third-order valence-electron chi connectivity index (χ3n) is 5.04. The molecule has 2 saturated heterocycles. The molecule has 1 aromatic carbocycles. The van der Waals surface area contributed by atoms with Crippen LogP contribution in [0, 0.1) is 5.92 Å². The van der Waals surface area contributed by atoms with E-state index in [1.54, 1.807) is 4.90 Å². The first-order valence-electron chi connectivity index (χ1n) is 9.71. The van der Waals surface area contributed by atoms with E-state index < -0.39 is 0 Å². The number of morpholine rings is 1. The lowest BCUT2D eigenvalue weighted by Gasteiger charge is -2.41. The van der Waals surface area contributed by atoms with E-state index in [1.807, 2.05) is 38.1 Å². The Morgan fingerprint density at radius 1 is 1.19 bits per heavy atom. The summed E-state index contributed by atoms with van der Waals surface area (Å²) >= 11 is 0. The van der Waals surface area contributed by atoms with Crippen LogP contribution >= 0.6 is 0 Å². The van der Waals surface area contributed by atoms with E-state index in [0.29, 0.717) is 13.1 Å². The third kappa shape index (κ3) is 4.59. The molecule has 0 aromatic heterocycles. The molecule has 2 N–H and O–H groups in total. The van der Waals surface area contributed by atoms with Crippen LogP contribution in [-0.4, -0.2) is 61.3 Å². The molecule has 0 aliphatic carbocycles. The summed E-state index contributed by atoms with van der Waals surface area (Å²) in [6.07, 6.45) is 0.238. The van der Waals surface area contributed by atoms with Gasteiger partial charge in [-0.3, -0.25) is 14.6 Å². The summed E-state index contributed by atoms with van der Waals surface area (Å²) in [6, 6.07) is 7.14. The number of nitrogens with one attached hydrogen (secondary N) is 2. The second-order valence-corrected chi connectivity index (χ2v) is 7.82. The fourth-order valence-corrected chi connectivity index (χ4v) is 3.99. The minimum atomic E-state index is -0.206. The van der Waals surface area contributed by atoms with E-state index in [-0.39, 0.29) is 36.1 Å². The average molecular weight is 374 g/mol. The Morgan fingerprint density at radius 2 is 1.81 bits per heavy atom. The van der Waals surface area contributed by atoms with Gasteiger partial charge in [-0.1, -0.05) is 13.8 Å². The molecule has 2 aliphatic heterocycles. The summed E-state index contributed by atoms with van der Waals surface area (Å²) in [5.74, 6) is 0.188. The van der Waals surface area contributed by atoms with Gasteiger partial charge in [-0.05, 0) is 44.0 Å². The second kappa shape index (κ2) is 8.27. The zero-order valence-electron chi connectivity index (χ0n) is 16.6. The Kier molecular flexibility index (Phi) is 6.01.